The van der Waals surface area contributed by atoms with Crippen LogP contribution in [0.5, 0.6) is 0 Å². The minimum Gasteiger partial charge on any atom is -0.369 e. The summed E-state index contributed by atoms with van der Waals surface area (Å²) in [6.45, 7) is 0. The van der Waals surface area contributed by atoms with E-state index in [-0.39, 0.29) is 5.82 Å². The number of hydrogen-bond acceptors (Lipinski definition) is 2. The van der Waals surface area contributed by atoms with Gasteiger partial charge in [0.15, 0.2) is 0 Å². The summed E-state index contributed by atoms with van der Waals surface area (Å²) in [5, 5.41) is 0. The smallest absolute Gasteiger partial charge is 0.205 e. The highest BCUT2D eigenvalue weighted by Gasteiger charge is 2.17. The first-order valence-corrected chi connectivity index (χ1v) is 7.28. The lowest BCUT2D eigenvalue weighted by Crippen LogP contribution is -2.09. The van der Waals surface area contributed by atoms with Gasteiger partial charge in [-0.1, -0.05) is 12.1 Å². The Kier molecular flexibility index (Phi) is 2.70. The highest BCUT2D eigenvalue weighted by atomic mass is 19.1. The number of hydrogen-bond donors (Lipinski definition) is 1. The fraction of sp³-hybridized carbons (Fsp3) is 0.235. The van der Waals surface area contributed by atoms with E-state index in [0.717, 1.165) is 24.0 Å². The summed E-state index contributed by atoms with van der Waals surface area (Å²) in [7, 11) is 0. The molecule has 1 aliphatic carbocycles. The zero-order valence-electron chi connectivity index (χ0n) is 11.6. The maximum absolute atomic E-state index is 13.4. The standard InChI is InChI=1S/C17H16FN3/c18-12-8-9-16-14(10-12)20-17(19)21(16)15-7-3-5-11-4-1-2-6-13(11)15/h3,5,7-10H,1-2,4,6H2,(H2,19,20). The number of nitrogens with zero attached hydrogens (tertiary/aromatic N) is 2. The van der Waals surface area contributed by atoms with E-state index in [1.54, 1.807) is 6.07 Å². The fourth-order valence-corrected chi connectivity index (χ4v) is 3.30. The molecule has 0 atom stereocenters. The van der Waals surface area contributed by atoms with Gasteiger partial charge in [0, 0.05) is 6.07 Å². The first-order valence-electron chi connectivity index (χ1n) is 7.28. The van der Waals surface area contributed by atoms with Crippen LogP contribution in [0.25, 0.3) is 16.7 Å². The average Bonchev–Trinajstić information content (AvgIpc) is 2.81. The molecule has 2 N–H and O–H groups in total. The van der Waals surface area contributed by atoms with Crippen molar-refractivity contribution in [3.05, 3.63) is 53.3 Å². The maximum Gasteiger partial charge on any atom is 0.205 e. The van der Waals surface area contributed by atoms with Gasteiger partial charge in [0.2, 0.25) is 5.95 Å². The van der Waals surface area contributed by atoms with Crippen molar-refractivity contribution in [2.24, 2.45) is 0 Å². The van der Waals surface area contributed by atoms with E-state index in [4.69, 9.17) is 5.73 Å². The second-order valence-corrected chi connectivity index (χ2v) is 5.56. The van der Waals surface area contributed by atoms with Crippen LogP contribution in [0.1, 0.15) is 24.0 Å². The van der Waals surface area contributed by atoms with E-state index in [1.165, 1.54) is 36.1 Å². The molecule has 0 radical (unpaired) electrons. The van der Waals surface area contributed by atoms with Gasteiger partial charge in [0.1, 0.15) is 5.82 Å². The Bertz CT molecular complexity index is 835. The molecule has 1 aromatic heterocycles. The lowest BCUT2D eigenvalue weighted by Gasteiger charge is -2.20. The molecule has 21 heavy (non-hydrogen) atoms. The zero-order valence-corrected chi connectivity index (χ0v) is 11.6. The Morgan fingerprint density at radius 1 is 1.10 bits per heavy atom. The molecule has 0 bridgehead atoms. The summed E-state index contributed by atoms with van der Waals surface area (Å²) in [6.07, 6.45) is 4.61. The molecule has 0 aliphatic heterocycles. The molecule has 4 rings (SSSR count). The summed E-state index contributed by atoms with van der Waals surface area (Å²) >= 11 is 0. The number of anilines is 1. The quantitative estimate of drug-likeness (QED) is 0.740. The minimum absolute atomic E-state index is 0.290. The second kappa shape index (κ2) is 4.58. The number of aryl methyl sites for hydroxylation is 1. The van der Waals surface area contributed by atoms with Crippen LogP contribution < -0.4 is 5.73 Å². The van der Waals surface area contributed by atoms with Crippen LogP contribution in [0.2, 0.25) is 0 Å². The van der Waals surface area contributed by atoms with Gasteiger partial charge in [0.25, 0.3) is 0 Å². The lowest BCUT2D eigenvalue weighted by atomic mass is 9.90. The summed E-state index contributed by atoms with van der Waals surface area (Å²) < 4.78 is 15.3. The molecular weight excluding hydrogens is 265 g/mol. The first kappa shape index (κ1) is 12.4. The lowest BCUT2D eigenvalue weighted by molar-refractivity contribution is 0.629. The fourth-order valence-electron chi connectivity index (χ4n) is 3.30. The molecule has 2 aromatic carbocycles. The van der Waals surface area contributed by atoms with Crippen molar-refractivity contribution in [2.45, 2.75) is 25.7 Å². The molecule has 1 heterocycles. The van der Waals surface area contributed by atoms with Crippen LogP contribution in [-0.2, 0) is 12.8 Å². The zero-order chi connectivity index (χ0) is 14.4. The molecule has 0 spiro atoms. The predicted octanol–water partition coefficient (Wildman–Crippen LogP) is 3.63. The molecule has 4 heteroatoms. The van der Waals surface area contributed by atoms with Crippen molar-refractivity contribution < 1.29 is 4.39 Å². The van der Waals surface area contributed by atoms with Crippen LogP contribution in [0, 0.1) is 5.82 Å². The summed E-state index contributed by atoms with van der Waals surface area (Å²) in [5.41, 5.74) is 11.4. The van der Waals surface area contributed by atoms with Gasteiger partial charge >= 0.3 is 0 Å². The normalized spacial score (nSPS) is 14.3. The van der Waals surface area contributed by atoms with Crippen molar-refractivity contribution in [2.75, 3.05) is 5.73 Å². The summed E-state index contributed by atoms with van der Waals surface area (Å²) in [5.74, 6) is 0.122. The molecule has 0 saturated heterocycles. The molecule has 0 unspecified atom stereocenters. The molecular formula is C17H16FN3. The number of aromatic nitrogens is 2. The van der Waals surface area contributed by atoms with Crippen LogP contribution in [0.4, 0.5) is 10.3 Å². The number of nitrogens with two attached hydrogens (primary N) is 1. The van der Waals surface area contributed by atoms with E-state index in [0.29, 0.717) is 11.5 Å². The number of imidazole rings is 1. The molecule has 106 valence electrons. The van der Waals surface area contributed by atoms with Gasteiger partial charge in [-0.05, 0) is 55.0 Å². The van der Waals surface area contributed by atoms with Crippen LogP contribution in [0.15, 0.2) is 36.4 Å². The third-order valence-corrected chi connectivity index (χ3v) is 4.25. The maximum atomic E-state index is 13.4. The van der Waals surface area contributed by atoms with Crippen molar-refractivity contribution in [3.63, 3.8) is 0 Å². The molecule has 0 saturated carbocycles. The third-order valence-electron chi connectivity index (χ3n) is 4.25. The Labute approximate surface area is 122 Å². The van der Waals surface area contributed by atoms with Crippen molar-refractivity contribution in [3.8, 4) is 5.69 Å². The Hall–Kier alpha value is -2.36. The van der Waals surface area contributed by atoms with Gasteiger partial charge in [-0.25, -0.2) is 9.37 Å². The minimum atomic E-state index is -0.290. The number of halogens is 1. The largest absolute Gasteiger partial charge is 0.369 e. The Morgan fingerprint density at radius 2 is 1.95 bits per heavy atom. The number of benzene rings is 2. The molecule has 3 nitrogen and oxygen atoms in total. The topological polar surface area (TPSA) is 43.8 Å². The van der Waals surface area contributed by atoms with Crippen molar-refractivity contribution >= 4 is 17.0 Å². The Balaban J connectivity index is 2.01. The predicted molar refractivity (Wildman–Crippen MR) is 82.1 cm³/mol. The van der Waals surface area contributed by atoms with E-state index < -0.39 is 0 Å². The summed E-state index contributed by atoms with van der Waals surface area (Å²) in [4.78, 5) is 4.30. The highest BCUT2D eigenvalue weighted by molar-refractivity contribution is 5.81. The van der Waals surface area contributed by atoms with Gasteiger partial charge < -0.3 is 5.73 Å². The monoisotopic (exact) mass is 281 g/mol. The van der Waals surface area contributed by atoms with E-state index in [9.17, 15) is 4.39 Å². The van der Waals surface area contributed by atoms with Gasteiger partial charge in [-0.2, -0.15) is 0 Å². The number of fused-ring (bicyclic) bond motifs is 2. The Morgan fingerprint density at radius 3 is 2.86 bits per heavy atom. The van der Waals surface area contributed by atoms with Crippen molar-refractivity contribution in [1.29, 1.82) is 0 Å². The van der Waals surface area contributed by atoms with Crippen LogP contribution >= 0.6 is 0 Å². The van der Waals surface area contributed by atoms with Gasteiger partial charge in [-0.15, -0.1) is 0 Å². The van der Waals surface area contributed by atoms with Gasteiger partial charge in [-0.3, -0.25) is 4.57 Å². The van der Waals surface area contributed by atoms with Gasteiger partial charge in [0.05, 0.1) is 16.7 Å². The summed E-state index contributed by atoms with van der Waals surface area (Å²) in [6, 6.07) is 11.0. The molecule has 1 aliphatic rings. The van der Waals surface area contributed by atoms with Crippen LogP contribution in [0.3, 0.4) is 0 Å². The third kappa shape index (κ3) is 1.90. The number of nitrogen functional groups attached to an aromatic ring is 1. The van der Waals surface area contributed by atoms with Crippen molar-refractivity contribution in [1.82, 2.24) is 9.55 Å². The molecule has 0 amide bonds. The number of rotatable bonds is 1. The average molecular weight is 281 g/mol. The SMILES string of the molecule is Nc1nc2cc(F)ccc2n1-c1cccc2c1CCCC2. The van der Waals surface area contributed by atoms with E-state index >= 15 is 0 Å². The molecule has 0 fully saturated rings. The van der Waals surface area contributed by atoms with E-state index in [2.05, 4.69) is 23.2 Å². The van der Waals surface area contributed by atoms with E-state index in [1.807, 2.05) is 4.57 Å². The second-order valence-electron chi connectivity index (χ2n) is 5.56. The first-order chi connectivity index (χ1) is 10.2. The highest BCUT2D eigenvalue weighted by Crippen LogP contribution is 2.31. The van der Waals surface area contributed by atoms with Crippen LogP contribution in [-0.4, -0.2) is 9.55 Å². The molecule has 3 aromatic rings.